The van der Waals surface area contributed by atoms with Gasteiger partial charge in [-0.15, -0.1) is 0 Å². The highest BCUT2D eigenvalue weighted by Crippen LogP contribution is 2.19. The second-order valence-corrected chi connectivity index (χ2v) is 6.31. The van der Waals surface area contributed by atoms with Crippen molar-refractivity contribution in [3.63, 3.8) is 0 Å². The van der Waals surface area contributed by atoms with Gasteiger partial charge < -0.3 is 10.4 Å². The third-order valence-electron chi connectivity index (χ3n) is 2.76. The van der Waals surface area contributed by atoms with Crippen LogP contribution in [0.2, 0.25) is 0 Å². The van der Waals surface area contributed by atoms with Crippen molar-refractivity contribution in [2.24, 2.45) is 0 Å². The van der Waals surface area contributed by atoms with Gasteiger partial charge in [-0.05, 0) is 38.3 Å². The Morgan fingerprint density at radius 3 is 2.75 bits per heavy atom. The quantitative estimate of drug-likeness (QED) is 0.836. The number of nitrogens with one attached hydrogen (secondary N) is 1. The van der Waals surface area contributed by atoms with Crippen LogP contribution >= 0.6 is 11.8 Å². The topological polar surface area (TPSA) is 49.3 Å². The summed E-state index contributed by atoms with van der Waals surface area (Å²) in [6.45, 7) is 4.21. The van der Waals surface area contributed by atoms with E-state index in [9.17, 15) is 9.18 Å². The fourth-order valence-corrected chi connectivity index (χ4v) is 1.58. The van der Waals surface area contributed by atoms with Gasteiger partial charge in [0.2, 0.25) is 0 Å². The van der Waals surface area contributed by atoms with Crippen molar-refractivity contribution in [2.45, 2.75) is 18.6 Å². The largest absolute Gasteiger partial charge is 0.384 e. The fraction of sp³-hybridized carbons (Fsp3) is 0.400. The maximum atomic E-state index is 13.7. The lowest BCUT2D eigenvalue weighted by Gasteiger charge is -2.22. The molecule has 1 amide bonds. The summed E-state index contributed by atoms with van der Waals surface area (Å²) in [6.07, 6.45) is 1.97. The van der Waals surface area contributed by atoms with E-state index in [2.05, 4.69) is 17.2 Å². The van der Waals surface area contributed by atoms with Crippen LogP contribution < -0.4 is 5.32 Å². The number of hydrogen-bond acceptors (Lipinski definition) is 3. The molecule has 108 valence electrons. The van der Waals surface area contributed by atoms with E-state index in [0.29, 0.717) is 6.54 Å². The maximum absolute atomic E-state index is 13.7. The van der Waals surface area contributed by atoms with Crippen LogP contribution in [0.4, 0.5) is 4.39 Å². The molecule has 0 bridgehead atoms. The fourth-order valence-electron chi connectivity index (χ4n) is 1.36. The maximum Gasteiger partial charge on any atom is 0.251 e. The highest BCUT2D eigenvalue weighted by molar-refractivity contribution is 7.99. The Bertz CT molecular complexity index is 547. The second-order valence-electron chi connectivity index (χ2n) is 4.80. The summed E-state index contributed by atoms with van der Waals surface area (Å²) in [5.74, 6) is 3.97. The molecule has 0 saturated heterocycles. The first-order chi connectivity index (χ1) is 9.39. The summed E-state index contributed by atoms with van der Waals surface area (Å²) in [5, 5.41) is 11.3. The van der Waals surface area contributed by atoms with Gasteiger partial charge in [0.15, 0.2) is 0 Å². The highest BCUT2D eigenvalue weighted by atomic mass is 32.2. The molecule has 1 rings (SSSR count). The van der Waals surface area contributed by atoms with Crippen molar-refractivity contribution in [1.82, 2.24) is 5.32 Å². The van der Waals surface area contributed by atoms with E-state index < -0.39 is 5.82 Å². The standard InChI is InChI=1S/C15H18FNO2S/c1-15(2,20-3)10-17-14(19)12-7-6-11(5-4-8-18)13(16)9-12/h6-7,9,18H,8,10H2,1-3H3,(H,17,19). The summed E-state index contributed by atoms with van der Waals surface area (Å²) in [7, 11) is 0. The molecule has 0 aliphatic heterocycles. The number of aliphatic hydroxyl groups is 1. The monoisotopic (exact) mass is 295 g/mol. The lowest BCUT2D eigenvalue weighted by molar-refractivity contribution is 0.0950. The predicted molar refractivity (Wildman–Crippen MR) is 80.3 cm³/mol. The first-order valence-corrected chi connectivity index (χ1v) is 7.35. The van der Waals surface area contributed by atoms with E-state index in [4.69, 9.17) is 5.11 Å². The molecular formula is C15H18FNO2S. The van der Waals surface area contributed by atoms with E-state index in [0.717, 1.165) is 6.07 Å². The summed E-state index contributed by atoms with van der Waals surface area (Å²) in [6, 6.07) is 4.11. The summed E-state index contributed by atoms with van der Waals surface area (Å²) in [4.78, 5) is 11.9. The molecular weight excluding hydrogens is 277 g/mol. The van der Waals surface area contributed by atoms with Crippen LogP contribution in [0.15, 0.2) is 18.2 Å². The number of hydrogen-bond donors (Lipinski definition) is 2. The van der Waals surface area contributed by atoms with Crippen LogP contribution in [0.3, 0.4) is 0 Å². The van der Waals surface area contributed by atoms with Crippen molar-refractivity contribution in [3.05, 3.63) is 35.1 Å². The third-order valence-corrected chi connectivity index (χ3v) is 4.01. The Labute approximate surface area is 123 Å². The van der Waals surface area contributed by atoms with Crippen LogP contribution in [0.1, 0.15) is 29.8 Å². The molecule has 1 aromatic carbocycles. The molecule has 1 aromatic rings. The number of benzene rings is 1. The first-order valence-electron chi connectivity index (χ1n) is 6.12. The number of carbonyl (C=O) groups is 1. The van der Waals surface area contributed by atoms with E-state index in [1.165, 1.54) is 12.1 Å². The lowest BCUT2D eigenvalue weighted by Crippen LogP contribution is -2.36. The van der Waals surface area contributed by atoms with Crippen molar-refractivity contribution in [3.8, 4) is 11.8 Å². The molecule has 5 heteroatoms. The average molecular weight is 295 g/mol. The van der Waals surface area contributed by atoms with Gasteiger partial charge in [0, 0.05) is 16.9 Å². The molecule has 20 heavy (non-hydrogen) atoms. The minimum absolute atomic E-state index is 0.0687. The van der Waals surface area contributed by atoms with Gasteiger partial charge >= 0.3 is 0 Å². The second kappa shape index (κ2) is 7.32. The molecule has 0 aliphatic carbocycles. The van der Waals surface area contributed by atoms with E-state index in [-0.39, 0.29) is 28.4 Å². The van der Waals surface area contributed by atoms with Crippen molar-refractivity contribution in [1.29, 1.82) is 0 Å². The summed E-state index contributed by atoms with van der Waals surface area (Å²) >= 11 is 1.65. The van der Waals surface area contributed by atoms with E-state index in [1.54, 1.807) is 11.8 Å². The van der Waals surface area contributed by atoms with Crippen LogP contribution in [-0.4, -0.2) is 35.2 Å². The third kappa shape index (κ3) is 4.87. The zero-order chi connectivity index (χ0) is 15.2. The van der Waals surface area contributed by atoms with Crippen molar-refractivity contribution in [2.75, 3.05) is 19.4 Å². The molecule has 3 nitrogen and oxygen atoms in total. The number of aliphatic hydroxyl groups excluding tert-OH is 1. The highest BCUT2D eigenvalue weighted by Gasteiger charge is 2.17. The zero-order valence-corrected chi connectivity index (χ0v) is 12.6. The average Bonchev–Trinajstić information content (AvgIpc) is 2.43. The Kier molecular flexibility index (Phi) is 6.05. The van der Waals surface area contributed by atoms with Crippen molar-refractivity contribution < 1.29 is 14.3 Å². The Balaban J connectivity index is 2.78. The Morgan fingerprint density at radius 1 is 1.50 bits per heavy atom. The molecule has 0 unspecified atom stereocenters. The minimum Gasteiger partial charge on any atom is -0.384 e. The van der Waals surface area contributed by atoms with Gasteiger partial charge in [-0.25, -0.2) is 4.39 Å². The molecule has 0 atom stereocenters. The number of thioether (sulfide) groups is 1. The molecule has 2 N–H and O–H groups in total. The summed E-state index contributed by atoms with van der Waals surface area (Å²) in [5.41, 5.74) is 0.425. The normalized spacial score (nSPS) is 10.7. The van der Waals surface area contributed by atoms with E-state index in [1.807, 2.05) is 20.1 Å². The SMILES string of the molecule is CSC(C)(C)CNC(=O)c1ccc(C#CCO)c(F)c1. The van der Waals surface area contributed by atoms with Gasteiger partial charge in [0.05, 0.1) is 5.56 Å². The van der Waals surface area contributed by atoms with Crippen molar-refractivity contribution >= 4 is 17.7 Å². The lowest BCUT2D eigenvalue weighted by atomic mass is 10.1. The Morgan fingerprint density at radius 2 is 2.20 bits per heavy atom. The van der Waals surface area contributed by atoms with Gasteiger partial charge in [0.1, 0.15) is 12.4 Å². The van der Waals surface area contributed by atoms with Crippen LogP contribution in [-0.2, 0) is 0 Å². The van der Waals surface area contributed by atoms with Gasteiger partial charge in [-0.2, -0.15) is 11.8 Å². The summed E-state index contributed by atoms with van der Waals surface area (Å²) < 4.78 is 13.6. The van der Waals surface area contributed by atoms with E-state index >= 15 is 0 Å². The molecule has 0 radical (unpaired) electrons. The number of carbonyl (C=O) groups excluding carboxylic acids is 1. The molecule has 0 aromatic heterocycles. The van der Waals surface area contributed by atoms with Gasteiger partial charge in [0.25, 0.3) is 5.91 Å². The molecule has 0 spiro atoms. The minimum atomic E-state index is -0.567. The first kappa shape index (κ1) is 16.5. The Hall–Kier alpha value is -1.51. The van der Waals surface area contributed by atoms with Gasteiger partial charge in [-0.1, -0.05) is 11.8 Å². The molecule has 0 fully saturated rings. The van der Waals surface area contributed by atoms with Crippen LogP contribution in [0.5, 0.6) is 0 Å². The number of rotatable bonds is 4. The smallest absolute Gasteiger partial charge is 0.251 e. The molecule has 0 heterocycles. The van der Waals surface area contributed by atoms with Crippen LogP contribution in [0, 0.1) is 17.7 Å². The number of halogens is 1. The molecule has 0 aliphatic rings. The molecule has 0 saturated carbocycles. The predicted octanol–water partition coefficient (Wildman–Crippen LogP) is 2.04. The van der Waals surface area contributed by atoms with Crippen LogP contribution in [0.25, 0.3) is 0 Å². The van der Waals surface area contributed by atoms with Gasteiger partial charge in [-0.3, -0.25) is 4.79 Å². The zero-order valence-electron chi connectivity index (χ0n) is 11.8. The number of amides is 1.